The largest absolute Gasteiger partial charge is 0.433 e. The summed E-state index contributed by atoms with van der Waals surface area (Å²) >= 11 is 0. The summed E-state index contributed by atoms with van der Waals surface area (Å²) in [5, 5.41) is 14.3. The third kappa shape index (κ3) is 5.65. The van der Waals surface area contributed by atoms with Crippen LogP contribution in [0.1, 0.15) is 17.7 Å². The van der Waals surface area contributed by atoms with Gasteiger partial charge in [-0.2, -0.15) is 18.2 Å². The molecule has 2 rings (SSSR count). The zero-order chi connectivity index (χ0) is 17.4. The molecule has 0 saturated heterocycles. The van der Waals surface area contributed by atoms with Gasteiger partial charge in [0.05, 0.1) is 0 Å². The van der Waals surface area contributed by atoms with Crippen LogP contribution in [-0.2, 0) is 12.6 Å². The van der Waals surface area contributed by atoms with E-state index in [9.17, 15) is 13.2 Å². The van der Waals surface area contributed by atoms with Gasteiger partial charge in [0.2, 0.25) is 5.95 Å². The van der Waals surface area contributed by atoms with Crippen LogP contribution >= 0.6 is 0 Å². The quantitative estimate of drug-likeness (QED) is 0.639. The van der Waals surface area contributed by atoms with Gasteiger partial charge in [-0.25, -0.2) is 4.98 Å². The van der Waals surface area contributed by atoms with Crippen LogP contribution in [0.2, 0.25) is 0 Å². The Morgan fingerprint density at radius 3 is 2.46 bits per heavy atom. The lowest BCUT2D eigenvalue weighted by Gasteiger charge is -2.12. The van der Waals surface area contributed by atoms with Gasteiger partial charge in [-0.15, -0.1) is 0 Å². The average Bonchev–Trinajstić information content (AvgIpc) is 2.55. The van der Waals surface area contributed by atoms with Crippen LogP contribution in [0.3, 0.4) is 0 Å². The summed E-state index contributed by atoms with van der Waals surface area (Å²) in [6.07, 6.45) is -0.223. The van der Waals surface area contributed by atoms with E-state index in [0.717, 1.165) is 11.6 Å². The fraction of sp³-hybridized carbons (Fsp3) is 0.400. The maximum Gasteiger partial charge on any atom is 0.433 e. The van der Waals surface area contributed by atoms with Crippen molar-refractivity contribution in [1.29, 1.82) is 0 Å². The molecule has 3 N–H and O–H groups in total. The second kappa shape index (κ2) is 8.44. The summed E-state index contributed by atoms with van der Waals surface area (Å²) in [5.41, 5.74) is -0.000644. The molecule has 0 unspecified atom stereocenters. The molecule has 2 aromatic rings. The summed E-state index contributed by atoms with van der Waals surface area (Å²) in [5.74, 6) is -0.0254. The lowest BCUT2D eigenvalue weighted by molar-refractivity contribution is -0.141. The van der Waals surface area contributed by atoms with E-state index in [4.69, 9.17) is 5.11 Å². The summed E-state index contributed by atoms with van der Waals surface area (Å²) < 4.78 is 38.8. The topological polar surface area (TPSA) is 83.0 Å². The Morgan fingerprint density at radius 1 is 1.04 bits per heavy atom. The molecule has 0 radical (unpaired) electrons. The summed E-state index contributed by atoms with van der Waals surface area (Å²) in [6, 6.07) is 4.55. The number of nitrogens with one attached hydrogen (secondary N) is 2. The first-order valence-electron chi connectivity index (χ1n) is 7.43. The van der Waals surface area contributed by atoms with Gasteiger partial charge in [0, 0.05) is 38.2 Å². The third-order valence-electron chi connectivity index (χ3n) is 3.10. The lowest BCUT2D eigenvalue weighted by Crippen LogP contribution is -2.15. The zero-order valence-electron chi connectivity index (χ0n) is 12.8. The standard InChI is InChI=1S/C15H18F3N5O/c16-15(17,18)12-10-13(23-14(22-12)21-5-1-9-24)20-8-4-11-2-6-19-7-3-11/h2-3,6-7,10,24H,1,4-5,8-9H2,(H2,20,21,22,23). The van der Waals surface area contributed by atoms with Crippen molar-refractivity contribution in [2.45, 2.75) is 19.0 Å². The van der Waals surface area contributed by atoms with Gasteiger partial charge < -0.3 is 15.7 Å². The Bertz CT molecular complexity index is 637. The number of halogens is 3. The first-order chi connectivity index (χ1) is 11.5. The molecule has 2 heterocycles. The minimum atomic E-state index is -4.56. The maximum absolute atomic E-state index is 12.9. The summed E-state index contributed by atoms with van der Waals surface area (Å²) in [4.78, 5) is 11.4. The number of aromatic nitrogens is 3. The van der Waals surface area contributed by atoms with Crippen LogP contribution in [0.5, 0.6) is 0 Å². The van der Waals surface area contributed by atoms with Crippen LogP contribution in [-0.4, -0.2) is 39.8 Å². The molecular weight excluding hydrogens is 323 g/mol. The van der Waals surface area contributed by atoms with Gasteiger partial charge in [0.1, 0.15) is 5.82 Å². The molecule has 0 amide bonds. The molecule has 6 nitrogen and oxygen atoms in total. The molecule has 0 aliphatic heterocycles. The normalized spacial score (nSPS) is 11.3. The zero-order valence-corrected chi connectivity index (χ0v) is 12.8. The highest BCUT2D eigenvalue weighted by molar-refractivity contribution is 5.43. The highest BCUT2D eigenvalue weighted by atomic mass is 19.4. The van der Waals surface area contributed by atoms with E-state index in [-0.39, 0.29) is 24.9 Å². The van der Waals surface area contributed by atoms with Crippen LogP contribution in [0.15, 0.2) is 30.6 Å². The molecule has 9 heteroatoms. The van der Waals surface area contributed by atoms with Crippen molar-refractivity contribution in [2.24, 2.45) is 0 Å². The smallest absolute Gasteiger partial charge is 0.396 e. The fourth-order valence-electron chi connectivity index (χ4n) is 1.93. The van der Waals surface area contributed by atoms with E-state index < -0.39 is 11.9 Å². The van der Waals surface area contributed by atoms with E-state index in [0.29, 0.717) is 19.4 Å². The second-order valence-corrected chi connectivity index (χ2v) is 5.00. The number of rotatable bonds is 8. The van der Waals surface area contributed by atoms with E-state index >= 15 is 0 Å². The Balaban J connectivity index is 2.05. The molecule has 0 spiro atoms. The predicted molar refractivity (Wildman–Crippen MR) is 83.7 cm³/mol. The first kappa shape index (κ1) is 17.9. The van der Waals surface area contributed by atoms with Crippen LogP contribution in [0.25, 0.3) is 0 Å². The summed E-state index contributed by atoms with van der Waals surface area (Å²) in [6.45, 7) is 0.645. The number of hydrogen-bond donors (Lipinski definition) is 3. The second-order valence-electron chi connectivity index (χ2n) is 5.00. The number of alkyl halides is 3. The van der Waals surface area contributed by atoms with Gasteiger partial charge >= 0.3 is 6.18 Å². The van der Waals surface area contributed by atoms with Crippen LogP contribution in [0, 0.1) is 0 Å². The molecule has 0 atom stereocenters. The van der Waals surface area contributed by atoms with Gasteiger partial charge in [0.15, 0.2) is 5.69 Å². The maximum atomic E-state index is 12.9. The number of aliphatic hydroxyl groups excluding tert-OH is 1. The minimum Gasteiger partial charge on any atom is -0.396 e. The van der Waals surface area contributed by atoms with Crippen molar-refractivity contribution < 1.29 is 18.3 Å². The monoisotopic (exact) mass is 341 g/mol. The number of hydrogen-bond acceptors (Lipinski definition) is 6. The Kier molecular flexibility index (Phi) is 6.30. The van der Waals surface area contributed by atoms with Crippen molar-refractivity contribution in [2.75, 3.05) is 30.3 Å². The highest BCUT2D eigenvalue weighted by Gasteiger charge is 2.33. The Morgan fingerprint density at radius 2 is 1.79 bits per heavy atom. The molecule has 0 aliphatic rings. The molecule has 0 bridgehead atoms. The van der Waals surface area contributed by atoms with E-state index in [2.05, 4.69) is 25.6 Å². The number of anilines is 2. The van der Waals surface area contributed by atoms with E-state index in [1.807, 2.05) is 12.1 Å². The van der Waals surface area contributed by atoms with Crippen molar-refractivity contribution in [3.8, 4) is 0 Å². The molecule has 0 saturated carbocycles. The number of aliphatic hydroxyl groups is 1. The Labute approximate surface area is 137 Å². The van der Waals surface area contributed by atoms with Crippen molar-refractivity contribution in [3.63, 3.8) is 0 Å². The molecule has 130 valence electrons. The van der Waals surface area contributed by atoms with E-state index in [1.165, 1.54) is 0 Å². The van der Waals surface area contributed by atoms with E-state index in [1.54, 1.807) is 12.4 Å². The van der Waals surface area contributed by atoms with Crippen molar-refractivity contribution >= 4 is 11.8 Å². The predicted octanol–water partition coefficient (Wildman–Crippen LogP) is 2.34. The first-order valence-corrected chi connectivity index (χ1v) is 7.43. The Hall–Kier alpha value is -2.42. The molecule has 0 aliphatic carbocycles. The average molecular weight is 341 g/mol. The molecular formula is C15H18F3N5O. The molecule has 0 fully saturated rings. The fourth-order valence-corrected chi connectivity index (χ4v) is 1.93. The molecule has 2 aromatic heterocycles. The lowest BCUT2D eigenvalue weighted by atomic mass is 10.2. The van der Waals surface area contributed by atoms with Gasteiger partial charge in [-0.3, -0.25) is 4.98 Å². The SMILES string of the molecule is OCCCNc1nc(NCCc2ccncc2)cc(C(F)(F)F)n1. The molecule has 0 aromatic carbocycles. The van der Waals surface area contributed by atoms with Gasteiger partial charge in [-0.1, -0.05) is 0 Å². The number of nitrogens with zero attached hydrogens (tertiary/aromatic N) is 3. The van der Waals surface area contributed by atoms with Gasteiger partial charge in [-0.05, 0) is 30.5 Å². The minimum absolute atomic E-state index is 0.0665. The third-order valence-corrected chi connectivity index (χ3v) is 3.10. The van der Waals surface area contributed by atoms with Crippen LogP contribution in [0.4, 0.5) is 24.9 Å². The highest BCUT2D eigenvalue weighted by Crippen LogP contribution is 2.29. The van der Waals surface area contributed by atoms with Crippen molar-refractivity contribution in [3.05, 3.63) is 41.9 Å². The molecule has 24 heavy (non-hydrogen) atoms. The van der Waals surface area contributed by atoms with Crippen LogP contribution < -0.4 is 10.6 Å². The van der Waals surface area contributed by atoms with Crippen molar-refractivity contribution in [1.82, 2.24) is 15.0 Å². The number of pyridine rings is 1. The summed E-state index contributed by atoms with van der Waals surface area (Å²) in [7, 11) is 0. The van der Waals surface area contributed by atoms with Gasteiger partial charge in [0.25, 0.3) is 0 Å².